The number of carbonyl (C=O) groups is 2. The van der Waals surface area contributed by atoms with Gasteiger partial charge in [-0.2, -0.15) is 0 Å². The van der Waals surface area contributed by atoms with Crippen LogP contribution in [0, 0.1) is 0 Å². The third-order valence-electron chi connectivity index (χ3n) is 5.30. The molecule has 8 heteroatoms. The number of rotatable bonds is 6. The molecule has 2 N–H and O–H groups in total. The predicted molar refractivity (Wildman–Crippen MR) is 119 cm³/mol. The molecule has 0 aromatic heterocycles. The number of thioether (sulfide) groups is 1. The van der Waals surface area contributed by atoms with Crippen LogP contribution in [0.15, 0.2) is 77.1 Å². The second-order valence-electron chi connectivity index (χ2n) is 7.23. The maximum absolute atomic E-state index is 13.5. The normalized spacial score (nSPS) is 23.0. The molecule has 0 spiro atoms. The number of benzene rings is 2. The predicted octanol–water partition coefficient (Wildman–Crippen LogP) is 2.84. The lowest BCUT2D eigenvalue weighted by Crippen LogP contribution is -2.69. The average Bonchev–Trinajstić information content (AvgIpc) is 2.81. The van der Waals surface area contributed by atoms with E-state index < -0.39 is 18.1 Å². The highest BCUT2D eigenvalue weighted by Gasteiger charge is 2.53. The number of nitrogens with zero attached hydrogens (tertiary/aromatic N) is 2. The fourth-order valence-corrected chi connectivity index (χ4v) is 5.08. The van der Waals surface area contributed by atoms with Gasteiger partial charge in [-0.05, 0) is 18.1 Å². The molecular formula is C23H23N3O4S. The summed E-state index contributed by atoms with van der Waals surface area (Å²) in [6.07, 6.45) is 0.832. The van der Waals surface area contributed by atoms with Crippen molar-refractivity contribution in [1.82, 2.24) is 4.90 Å². The van der Waals surface area contributed by atoms with Crippen LogP contribution in [0.2, 0.25) is 0 Å². The van der Waals surface area contributed by atoms with Crippen LogP contribution in [0.4, 0.5) is 0 Å². The van der Waals surface area contributed by atoms with Gasteiger partial charge in [-0.1, -0.05) is 65.8 Å². The first kappa shape index (κ1) is 21.1. The van der Waals surface area contributed by atoms with Gasteiger partial charge in [-0.15, -0.1) is 11.8 Å². The fraction of sp³-hybridized carbons (Fsp3) is 0.261. The third-order valence-corrected chi connectivity index (χ3v) is 6.75. The number of hydrogen-bond donors (Lipinski definition) is 1. The van der Waals surface area contributed by atoms with E-state index in [1.807, 2.05) is 67.6 Å². The van der Waals surface area contributed by atoms with E-state index in [0.717, 1.165) is 11.1 Å². The minimum atomic E-state index is -0.643. The lowest BCUT2D eigenvalue weighted by Gasteiger charge is -2.49. The van der Waals surface area contributed by atoms with E-state index in [-0.39, 0.29) is 22.2 Å². The first-order valence-electron chi connectivity index (χ1n) is 9.88. The molecule has 160 valence electrons. The molecule has 2 aliphatic rings. The van der Waals surface area contributed by atoms with E-state index in [0.29, 0.717) is 5.57 Å². The number of ether oxygens (including phenoxy) is 1. The quantitative estimate of drug-likeness (QED) is 0.323. The highest BCUT2D eigenvalue weighted by Crippen LogP contribution is 2.43. The highest BCUT2D eigenvalue weighted by atomic mass is 32.2. The molecule has 2 aromatic carbocycles. The van der Waals surface area contributed by atoms with Crippen LogP contribution in [0.3, 0.4) is 0 Å². The number of esters is 1. The number of nitrogens with two attached hydrogens (primary N) is 1. The van der Waals surface area contributed by atoms with Crippen molar-refractivity contribution < 1.29 is 19.2 Å². The van der Waals surface area contributed by atoms with E-state index in [1.54, 1.807) is 0 Å². The number of carbonyl (C=O) groups excluding carboxylic acids is 2. The molecule has 0 radical (unpaired) electrons. The molecular weight excluding hydrogens is 414 g/mol. The summed E-state index contributed by atoms with van der Waals surface area (Å²) in [5, 5.41) is 3.40. The Morgan fingerprint density at radius 2 is 1.71 bits per heavy atom. The van der Waals surface area contributed by atoms with Crippen LogP contribution >= 0.6 is 11.8 Å². The second kappa shape index (κ2) is 8.95. The third kappa shape index (κ3) is 3.96. The molecule has 4 rings (SSSR count). The summed E-state index contributed by atoms with van der Waals surface area (Å²) in [6.45, 7) is 1.94. The Morgan fingerprint density at radius 1 is 1.13 bits per heavy atom. The Kier molecular flexibility index (Phi) is 6.11. The molecule has 1 saturated heterocycles. The first-order chi connectivity index (χ1) is 15.0. The van der Waals surface area contributed by atoms with Crippen molar-refractivity contribution in [2.45, 2.75) is 29.7 Å². The van der Waals surface area contributed by atoms with E-state index in [9.17, 15) is 9.59 Å². The molecule has 7 nitrogen and oxygen atoms in total. The smallest absolute Gasteiger partial charge is 0.356 e. The molecule has 1 amide bonds. The number of β-lactam (4-membered cyclic amide) rings is 1. The number of amides is 1. The van der Waals surface area contributed by atoms with Crippen LogP contribution < -0.4 is 5.73 Å². The topological polar surface area (TPSA) is 94.2 Å². The van der Waals surface area contributed by atoms with E-state index in [2.05, 4.69) is 5.16 Å². The van der Waals surface area contributed by atoms with Crippen molar-refractivity contribution in [3.63, 3.8) is 0 Å². The Hall–Kier alpha value is -3.10. The van der Waals surface area contributed by atoms with Crippen molar-refractivity contribution in [2.75, 3.05) is 7.11 Å². The summed E-state index contributed by atoms with van der Waals surface area (Å²) in [6, 6.07) is 18.3. The summed E-state index contributed by atoms with van der Waals surface area (Å²) >= 11 is 1.51. The van der Waals surface area contributed by atoms with Gasteiger partial charge < -0.3 is 15.3 Å². The van der Waals surface area contributed by atoms with Gasteiger partial charge >= 0.3 is 5.97 Å². The summed E-state index contributed by atoms with van der Waals surface area (Å²) in [7, 11) is 1.42. The van der Waals surface area contributed by atoms with Crippen molar-refractivity contribution in [3.05, 3.63) is 83.1 Å². The van der Waals surface area contributed by atoms with Crippen molar-refractivity contribution in [2.24, 2.45) is 10.9 Å². The maximum Gasteiger partial charge on any atom is 0.356 e. The molecule has 2 aliphatic heterocycles. The number of oxime groups is 1. The Labute approximate surface area is 184 Å². The molecule has 0 bridgehead atoms. The average molecular weight is 438 g/mol. The SMILES string of the molecule is CON=CC1=C(C(=O)OC(c2ccccc2)c2ccccc2)N2C(=O)C(N)[C@H]2S[C@@H]1C. The molecule has 0 saturated carbocycles. The van der Waals surface area contributed by atoms with Gasteiger partial charge in [0, 0.05) is 10.8 Å². The largest absolute Gasteiger partial charge is 0.448 e. The van der Waals surface area contributed by atoms with Crippen molar-refractivity contribution >= 4 is 29.9 Å². The Bertz CT molecular complexity index is 986. The fourth-order valence-electron chi connectivity index (χ4n) is 3.72. The van der Waals surface area contributed by atoms with Crippen LogP contribution in [0.1, 0.15) is 24.2 Å². The molecule has 0 aliphatic carbocycles. The van der Waals surface area contributed by atoms with Crippen LogP contribution in [0.25, 0.3) is 0 Å². The zero-order valence-corrected chi connectivity index (χ0v) is 18.0. The van der Waals surface area contributed by atoms with E-state index in [4.69, 9.17) is 15.3 Å². The summed E-state index contributed by atoms with van der Waals surface area (Å²) in [5.74, 6) is -0.914. The van der Waals surface area contributed by atoms with Gasteiger partial charge in [0.25, 0.3) is 0 Å². The maximum atomic E-state index is 13.5. The van der Waals surface area contributed by atoms with Gasteiger partial charge in [-0.3, -0.25) is 9.69 Å². The van der Waals surface area contributed by atoms with Crippen LogP contribution in [-0.2, 0) is 19.2 Å². The number of fused-ring (bicyclic) bond motifs is 1. The second-order valence-corrected chi connectivity index (χ2v) is 8.69. The summed E-state index contributed by atoms with van der Waals surface area (Å²) in [4.78, 5) is 32.3. The molecule has 2 aromatic rings. The molecule has 3 atom stereocenters. The van der Waals surface area contributed by atoms with Gasteiger partial charge in [0.1, 0.15) is 24.2 Å². The molecule has 31 heavy (non-hydrogen) atoms. The first-order valence-corrected chi connectivity index (χ1v) is 10.8. The lowest BCUT2D eigenvalue weighted by atomic mass is 10.00. The van der Waals surface area contributed by atoms with Gasteiger partial charge in [0.15, 0.2) is 6.10 Å². The van der Waals surface area contributed by atoms with E-state index in [1.165, 1.54) is 30.0 Å². The van der Waals surface area contributed by atoms with Gasteiger partial charge in [0.05, 0.1) is 6.21 Å². The summed E-state index contributed by atoms with van der Waals surface area (Å²) < 4.78 is 6.01. The van der Waals surface area contributed by atoms with Gasteiger partial charge in [0.2, 0.25) is 5.91 Å². The zero-order valence-electron chi connectivity index (χ0n) is 17.2. The molecule has 2 heterocycles. The van der Waals surface area contributed by atoms with Crippen LogP contribution in [0.5, 0.6) is 0 Å². The minimum Gasteiger partial charge on any atom is -0.448 e. The summed E-state index contributed by atoms with van der Waals surface area (Å²) in [5.41, 5.74) is 8.38. The van der Waals surface area contributed by atoms with E-state index >= 15 is 0 Å². The Balaban J connectivity index is 1.74. The molecule has 1 unspecified atom stereocenters. The highest BCUT2D eigenvalue weighted by molar-refractivity contribution is 8.00. The zero-order chi connectivity index (χ0) is 22.0. The van der Waals surface area contributed by atoms with Crippen molar-refractivity contribution in [3.8, 4) is 0 Å². The molecule has 1 fully saturated rings. The minimum absolute atomic E-state index is 0.117. The number of hydrogen-bond acceptors (Lipinski definition) is 7. The lowest BCUT2D eigenvalue weighted by molar-refractivity contribution is -0.153. The van der Waals surface area contributed by atoms with Crippen LogP contribution in [-0.4, -0.2) is 46.8 Å². The van der Waals surface area contributed by atoms with Crippen molar-refractivity contribution in [1.29, 1.82) is 0 Å². The monoisotopic (exact) mass is 437 g/mol. The standard InChI is InChI=1S/C23H23N3O4S/c1-14-17(13-25-29-2)19(26-21(27)18(24)22(26)31-14)23(28)30-20(15-9-5-3-6-10-15)16-11-7-4-8-12-16/h3-14,18,20,22H,24H2,1-2H3/t14-,18?,22-/m1/s1. The van der Waals surface area contributed by atoms with Gasteiger partial charge in [-0.25, -0.2) is 4.79 Å². The Morgan fingerprint density at radius 3 is 2.26 bits per heavy atom.